The van der Waals surface area contributed by atoms with E-state index in [1.165, 1.54) is 4.68 Å². The lowest BCUT2D eigenvalue weighted by Gasteiger charge is -2.16. The zero-order chi connectivity index (χ0) is 16.4. The number of benzene rings is 1. The maximum absolute atomic E-state index is 11.8. The molecule has 120 valence electrons. The third kappa shape index (κ3) is 3.29. The summed E-state index contributed by atoms with van der Waals surface area (Å²) in [5, 5.41) is 7.19. The molecule has 1 amide bonds. The SMILES string of the molecule is Cn1ncc(NCc2ccc(N3CCCC3=O)cc2)c(Br)c1=O. The van der Waals surface area contributed by atoms with Crippen molar-refractivity contribution in [3.05, 3.63) is 50.9 Å². The van der Waals surface area contributed by atoms with E-state index in [4.69, 9.17) is 0 Å². The maximum Gasteiger partial charge on any atom is 0.282 e. The van der Waals surface area contributed by atoms with Gasteiger partial charge in [-0.05, 0) is 40.0 Å². The Labute approximate surface area is 142 Å². The molecule has 0 saturated carbocycles. The van der Waals surface area contributed by atoms with E-state index >= 15 is 0 Å². The van der Waals surface area contributed by atoms with E-state index in [1.807, 2.05) is 29.2 Å². The first kappa shape index (κ1) is 15.7. The number of hydrogen-bond acceptors (Lipinski definition) is 4. The van der Waals surface area contributed by atoms with Gasteiger partial charge < -0.3 is 10.2 Å². The molecule has 1 aliphatic heterocycles. The van der Waals surface area contributed by atoms with Crippen molar-refractivity contribution < 1.29 is 4.79 Å². The van der Waals surface area contributed by atoms with E-state index in [0.29, 0.717) is 23.1 Å². The number of carbonyl (C=O) groups is 1. The van der Waals surface area contributed by atoms with Gasteiger partial charge in [0, 0.05) is 32.2 Å². The second kappa shape index (κ2) is 6.54. The number of nitrogens with one attached hydrogen (secondary N) is 1. The topological polar surface area (TPSA) is 67.2 Å². The highest BCUT2D eigenvalue weighted by atomic mass is 79.9. The standard InChI is InChI=1S/C16H17BrN4O2/c1-20-16(23)15(17)13(10-19-20)18-9-11-4-6-12(7-5-11)21-8-2-3-14(21)22/h4-7,10,18H,2-3,8-9H2,1H3. The van der Waals surface area contributed by atoms with Gasteiger partial charge in [0.25, 0.3) is 5.56 Å². The van der Waals surface area contributed by atoms with Gasteiger partial charge in [0.2, 0.25) is 5.91 Å². The van der Waals surface area contributed by atoms with Crippen molar-refractivity contribution in [3.63, 3.8) is 0 Å². The quantitative estimate of drug-likeness (QED) is 0.888. The van der Waals surface area contributed by atoms with Crippen molar-refractivity contribution in [1.82, 2.24) is 9.78 Å². The van der Waals surface area contributed by atoms with E-state index in [9.17, 15) is 9.59 Å². The van der Waals surface area contributed by atoms with Crippen LogP contribution >= 0.6 is 15.9 Å². The number of rotatable bonds is 4. The molecule has 0 aliphatic carbocycles. The predicted octanol–water partition coefficient (Wildman–Crippen LogP) is 2.28. The van der Waals surface area contributed by atoms with Gasteiger partial charge in [-0.25, -0.2) is 4.68 Å². The molecule has 0 bridgehead atoms. The van der Waals surface area contributed by atoms with Crippen LogP contribution < -0.4 is 15.8 Å². The predicted molar refractivity (Wildman–Crippen MR) is 92.5 cm³/mol. The number of nitrogens with zero attached hydrogens (tertiary/aromatic N) is 3. The molecule has 1 N–H and O–H groups in total. The number of aromatic nitrogens is 2. The Hall–Kier alpha value is -2.15. The smallest absolute Gasteiger partial charge is 0.282 e. The van der Waals surface area contributed by atoms with Crippen LogP contribution in [-0.4, -0.2) is 22.2 Å². The molecule has 0 unspecified atom stereocenters. The Morgan fingerprint density at radius 1 is 1.26 bits per heavy atom. The van der Waals surface area contributed by atoms with E-state index in [-0.39, 0.29) is 11.5 Å². The average molecular weight is 377 g/mol. The number of aryl methyl sites for hydroxylation is 1. The zero-order valence-corrected chi connectivity index (χ0v) is 14.3. The minimum absolute atomic E-state index is 0.183. The molecule has 1 aliphatic rings. The van der Waals surface area contributed by atoms with Gasteiger partial charge in [0.1, 0.15) is 4.47 Å². The number of halogens is 1. The molecule has 1 aromatic heterocycles. The first-order chi connectivity index (χ1) is 11.1. The van der Waals surface area contributed by atoms with Crippen LogP contribution in [-0.2, 0) is 18.4 Å². The van der Waals surface area contributed by atoms with Crippen LogP contribution in [0.15, 0.2) is 39.7 Å². The normalized spacial score (nSPS) is 14.3. The summed E-state index contributed by atoms with van der Waals surface area (Å²) in [6.45, 7) is 1.37. The van der Waals surface area contributed by atoms with Crippen molar-refractivity contribution in [2.45, 2.75) is 19.4 Å². The van der Waals surface area contributed by atoms with Gasteiger partial charge in [0.05, 0.1) is 11.9 Å². The summed E-state index contributed by atoms with van der Waals surface area (Å²) in [4.78, 5) is 25.4. The molecule has 0 atom stereocenters. The molecule has 3 rings (SSSR count). The highest BCUT2D eigenvalue weighted by Gasteiger charge is 2.21. The van der Waals surface area contributed by atoms with E-state index in [1.54, 1.807) is 13.2 Å². The van der Waals surface area contributed by atoms with Gasteiger partial charge in [-0.1, -0.05) is 12.1 Å². The van der Waals surface area contributed by atoms with Crippen LogP contribution in [0.4, 0.5) is 11.4 Å². The zero-order valence-electron chi connectivity index (χ0n) is 12.8. The van der Waals surface area contributed by atoms with Crippen LogP contribution in [0.2, 0.25) is 0 Å². The summed E-state index contributed by atoms with van der Waals surface area (Å²) in [6.07, 6.45) is 3.17. The van der Waals surface area contributed by atoms with Crippen molar-refractivity contribution in [2.24, 2.45) is 7.05 Å². The van der Waals surface area contributed by atoms with Gasteiger partial charge in [-0.3, -0.25) is 9.59 Å². The maximum atomic E-state index is 11.8. The third-order valence-corrected chi connectivity index (χ3v) is 4.65. The minimum atomic E-state index is -0.183. The molecule has 0 spiro atoms. The second-order valence-electron chi connectivity index (χ2n) is 5.47. The highest BCUT2D eigenvalue weighted by Crippen LogP contribution is 2.22. The van der Waals surface area contributed by atoms with Gasteiger partial charge in [0.15, 0.2) is 0 Å². The lowest BCUT2D eigenvalue weighted by Crippen LogP contribution is -2.23. The lowest BCUT2D eigenvalue weighted by atomic mass is 10.2. The summed E-state index contributed by atoms with van der Waals surface area (Å²) in [5.41, 5.74) is 2.48. The molecule has 1 fully saturated rings. The Morgan fingerprint density at radius 2 is 2.00 bits per heavy atom. The molecule has 2 heterocycles. The van der Waals surface area contributed by atoms with Crippen LogP contribution in [0.1, 0.15) is 18.4 Å². The molecule has 23 heavy (non-hydrogen) atoms. The fraction of sp³-hybridized carbons (Fsp3) is 0.312. The van der Waals surface area contributed by atoms with Gasteiger partial charge in [-0.15, -0.1) is 0 Å². The van der Waals surface area contributed by atoms with E-state index < -0.39 is 0 Å². The molecule has 2 aromatic rings. The number of hydrogen-bond donors (Lipinski definition) is 1. The fourth-order valence-electron chi connectivity index (χ4n) is 2.55. The Bertz CT molecular complexity index is 786. The largest absolute Gasteiger partial charge is 0.379 e. The number of amides is 1. The first-order valence-corrected chi connectivity index (χ1v) is 8.20. The van der Waals surface area contributed by atoms with Gasteiger partial charge in [-0.2, -0.15) is 5.10 Å². The molecule has 6 nitrogen and oxygen atoms in total. The van der Waals surface area contributed by atoms with E-state index in [0.717, 1.165) is 24.2 Å². The van der Waals surface area contributed by atoms with Gasteiger partial charge >= 0.3 is 0 Å². The molecular formula is C16H17BrN4O2. The lowest BCUT2D eigenvalue weighted by molar-refractivity contribution is -0.117. The molecule has 7 heteroatoms. The number of anilines is 2. The summed E-state index contributed by atoms with van der Waals surface area (Å²) in [5.74, 6) is 0.186. The molecule has 0 radical (unpaired) electrons. The molecular weight excluding hydrogens is 360 g/mol. The first-order valence-electron chi connectivity index (χ1n) is 7.41. The Morgan fingerprint density at radius 3 is 2.65 bits per heavy atom. The molecule has 1 aromatic carbocycles. The van der Waals surface area contributed by atoms with Crippen molar-refractivity contribution in [3.8, 4) is 0 Å². The Kier molecular flexibility index (Phi) is 4.47. The van der Waals surface area contributed by atoms with Crippen LogP contribution in [0, 0.1) is 0 Å². The highest BCUT2D eigenvalue weighted by molar-refractivity contribution is 9.10. The van der Waals surface area contributed by atoms with Crippen LogP contribution in [0.3, 0.4) is 0 Å². The van der Waals surface area contributed by atoms with E-state index in [2.05, 4.69) is 26.3 Å². The van der Waals surface area contributed by atoms with Crippen LogP contribution in [0.25, 0.3) is 0 Å². The minimum Gasteiger partial charge on any atom is -0.379 e. The van der Waals surface area contributed by atoms with Crippen molar-refractivity contribution in [2.75, 3.05) is 16.8 Å². The van der Waals surface area contributed by atoms with Crippen LogP contribution in [0.5, 0.6) is 0 Å². The summed E-state index contributed by atoms with van der Waals surface area (Å²) >= 11 is 3.29. The van der Waals surface area contributed by atoms with Crippen molar-refractivity contribution >= 4 is 33.2 Å². The fourth-order valence-corrected chi connectivity index (χ4v) is 3.05. The second-order valence-corrected chi connectivity index (χ2v) is 6.26. The Balaban J connectivity index is 1.68. The average Bonchev–Trinajstić information content (AvgIpc) is 2.99. The summed E-state index contributed by atoms with van der Waals surface area (Å²) in [6, 6.07) is 7.88. The molecule has 1 saturated heterocycles. The third-order valence-electron chi connectivity index (χ3n) is 3.88. The summed E-state index contributed by atoms with van der Waals surface area (Å²) in [7, 11) is 1.61. The van der Waals surface area contributed by atoms with Crippen molar-refractivity contribution in [1.29, 1.82) is 0 Å². The monoisotopic (exact) mass is 376 g/mol. The summed E-state index contributed by atoms with van der Waals surface area (Å²) < 4.78 is 1.74. The number of carbonyl (C=O) groups excluding carboxylic acids is 1.